The van der Waals surface area contributed by atoms with E-state index in [9.17, 15) is 4.79 Å². The van der Waals surface area contributed by atoms with Crippen molar-refractivity contribution < 1.29 is 9.53 Å². The van der Waals surface area contributed by atoms with E-state index >= 15 is 0 Å². The van der Waals surface area contributed by atoms with Crippen LogP contribution in [0, 0.1) is 5.41 Å². The molecular weight excluding hydrogens is 282 g/mol. The summed E-state index contributed by atoms with van der Waals surface area (Å²) in [6, 6.07) is 8.09. The Morgan fingerprint density at radius 1 is 1.41 bits per heavy atom. The van der Waals surface area contributed by atoms with Gasteiger partial charge in [-0.15, -0.1) is 0 Å². The molecule has 1 aliphatic rings. The summed E-state index contributed by atoms with van der Waals surface area (Å²) in [7, 11) is 3.47. The van der Waals surface area contributed by atoms with Gasteiger partial charge in [0.1, 0.15) is 0 Å². The molecule has 0 aliphatic heterocycles. The second-order valence-corrected chi connectivity index (χ2v) is 5.52. The van der Waals surface area contributed by atoms with Crippen LogP contribution in [0.15, 0.2) is 28.7 Å². The Morgan fingerprint density at radius 2 is 2.00 bits per heavy atom. The van der Waals surface area contributed by atoms with Crippen molar-refractivity contribution in [3.05, 3.63) is 28.7 Å². The molecule has 1 aromatic carbocycles. The average Bonchev–Trinajstić information content (AvgIpc) is 3.09. The largest absolute Gasteiger partial charge is 0.469 e. The fourth-order valence-corrected chi connectivity index (χ4v) is 2.30. The summed E-state index contributed by atoms with van der Waals surface area (Å²) in [5.41, 5.74) is 0.847. The summed E-state index contributed by atoms with van der Waals surface area (Å²) in [5.74, 6) is -0.0820. The Morgan fingerprint density at radius 3 is 2.47 bits per heavy atom. The predicted molar refractivity (Wildman–Crippen MR) is 71.1 cm³/mol. The van der Waals surface area contributed by atoms with Crippen molar-refractivity contribution in [2.45, 2.75) is 12.8 Å². The second-order valence-electron chi connectivity index (χ2n) is 4.60. The van der Waals surface area contributed by atoms with Gasteiger partial charge >= 0.3 is 5.97 Å². The van der Waals surface area contributed by atoms with E-state index in [0.717, 1.165) is 29.5 Å². The lowest BCUT2D eigenvalue weighted by molar-refractivity contribution is -0.146. The highest BCUT2D eigenvalue weighted by Gasteiger charge is 2.51. The number of anilines is 1. The van der Waals surface area contributed by atoms with E-state index in [1.165, 1.54) is 7.11 Å². The molecule has 0 spiro atoms. The Hall–Kier alpha value is -1.03. The fourth-order valence-electron chi connectivity index (χ4n) is 2.04. The third-order valence-electron chi connectivity index (χ3n) is 3.28. The predicted octanol–water partition coefficient (Wildman–Crippen LogP) is 2.84. The first-order valence-electron chi connectivity index (χ1n) is 5.62. The zero-order valence-corrected chi connectivity index (χ0v) is 11.7. The molecule has 4 heteroatoms. The lowest BCUT2D eigenvalue weighted by Crippen LogP contribution is -2.32. The maximum absolute atomic E-state index is 11.7. The van der Waals surface area contributed by atoms with E-state index in [2.05, 4.69) is 20.8 Å². The maximum Gasteiger partial charge on any atom is 0.313 e. The van der Waals surface area contributed by atoms with Crippen LogP contribution in [0.3, 0.4) is 0 Å². The lowest BCUT2D eigenvalue weighted by atomic mass is 10.1. The first kappa shape index (κ1) is 12.4. The van der Waals surface area contributed by atoms with Crippen molar-refractivity contribution in [1.29, 1.82) is 0 Å². The topological polar surface area (TPSA) is 29.5 Å². The molecule has 3 nitrogen and oxygen atoms in total. The number of methoxy groups -OCH3 is 1. The monoisotopic (exact) mass is 297 g/mol. The van der Waals surface area contributed by atoms with E-state index in [1.807, 2.05) is 31.3 Å². The molecule has 0 saturated heterocycles. The van der Waals surface area contributed by atoms with Gasteiger partial charge in [-0.25, -0.2) is 0 Å². The Kier molecular flexibility index (Phi) is 3.43. The highest BCUT2D eigenvalue weighted by Crippen LogP contribution is 2.47. The van der Waals surface area contributed by atoms with Crippen LogP contribution in [0.1, 0.15) is 12.8 Å². The van der Waals surface area contributed by atoms with E-state index in [-0.39, 0.29) is 11.4 Å². The molecule has 0 heterocycles. The van der Waals surface area contributed by atoms with Crippen LogP contribution in [0.4, 0.5) is 5.69 Å². The van der Waals surface area contributed by atoms with E-state index in [1.54, 1.807) is 0 Å². The number of hydrogen-bond donors (Lipinski definition) is 0. The molecule has 1 aromatic rings. The molecule has 1 saturated carbocycles. The van der Waals surface area contributed by atoms with E-state index in [4.69, 9.17) is 4.74 Å². The Balaban J connectivity index is 2.04. The van der Waals surface area contributed by atoms with Crippen molar-refractivity contribution >= 4 is 27.6 Å². The average molecular weight is 298 g/mol. The molecule has 0 amide bonds. The van der Waals surface area contributed by atoms with Gasteiger partial charge in [0.15, 0.2) is 0 Å². The summed E-state index contributed by atoms with van der Waals surface area (Å²) in [4.78, 5) is 13.8. The fraction of sp³-hybridized carbons (Fsp3) is 0.462. The zero-order chi connectivity index (χ0) is 12.5. The molecule has 0 radical (unpaired) electrons. The number of hydrogen-bond acceptors (Lipinski definition) is 3. The molecule has 92 valence electrons. The third kappa shape index (κ3) is 2.63. The van der Waals surface area contributed by atoms with Gasteiger partial charge in [0, 0.05) is 23.8 Å². The Labute approximate surface area is 110 Å². The number of ether oxygens (including phenoxy) is 1. The van der Waals surface area contributed by atoms with Gasteiger partial charge in [-0.1, -0.05) is 15.9 Å². The molecule has 0 bridgehead atoms. The molecule has 0 N–H and O–H groups in total. The molecule has 1 fully saturated rings. The number of halogens is 1. The first-order chi connectivity index (χ1) is 8.07. The molecule has 0 unspecified atom stereocenters. The smallest absolute Gasteiger partial charge is 0.313 e. The van der Waals surface area contributed by atoms with Crippen molar-refractivity contribution in [2.75, 3.05) is 25.6 Å². The number of nitrogens with zero attached hydrogens (tertiary/aromatic N) is 1. The van der Waals surface area contributed by atoms with Crippen molar-refractivity contribution in [2.24, 2.45) is 5.41 Å². The number of carbonyl (C=O) groups is 1. The van der Waals surface area contributed by atoms with Crippen LogP contribution in [-0.4, -0.2) is 26.7 Å². The summed E-state index contributed by atoms with van der Waals surface area (Å²) >= 11 is 3.41. The molecule has 0 atom stereocenters. The van der Waals surface area contributed by atoms with Crippen LogP contribution in [-0.2, 0) is 9.53 Å². The van der Waals surface area contributed by atoms with Crippen LogP contribution < -0.4 is 4.90 Å². The first-order valence-corrected chi connectivity index (χ1v) is 6.42. The van der Waals surface area contributed by atoms with Crippen LogP contribution in [0.2, 0.25) is 0 Å². The molecule has 17 heavy (non-hydrogen) atoms. The number of rotatable bonds is 4. The van der Waals surface area contributed by atoms with Crippen LogP contribution in [0.5, 0.6) is 0 Å². The van der Waals surface area contributed by atoms with Crippen LogP contribution >= 0.6 is 15.9 Å². The van der Waals surface area contributed by atoms with Gasteiger partial charge in [0.25, 0.3) is 0 Å². The highest BCUT2D eigenvalue weighted by atomic mass is 79.9. The van der Waals surface area contributed by atoms with E-state index in [0.29, 0.717) is 0 Å². The minimum Gasteiger partial charge on any atom is -0.469 e. The molecule has 0 aromatic heterocycles. The molecule has 2 rings (SSSR count). The van der Waals surface area contributed by atoms with Gasteiger partial charge < -0.3 is 9.64 Å². The minimum absolute atomic E-state index is 0.0820. The highest BCUT2D eigenvalue weighted by molar-refractivity contribution is 9.10. The van der Waals surface area contributed by atoms with Gasteiger partial charge in [0.2, 0.25) is 0 Å². The normalized spacial score (nSPS) is 16.4. The number of carbonyl (C=O) groups excluding carboxylic acids is 1. The van der Waals surface area contributed by atoms with Crippen molar-refractivity contribution in [3.63, 3.8) is 0 Å². The van der Waals surface area contributed by atoms with Crippen molar-refractivity contribution in [1.82, 2.24) is 0 Å². The maximum atomic E-state index is 11.7. The summed E-state index contributed by atoms with van der Waals surface area (Å²) < 4.78 is 5.92. The number of benzene rings is 1. The second kappa shape index (κ2) is 4.69. The SMILES string of the molecule is COC(=O)C1(CN(C)c2ccc(Br)cc2)CC1. The van der Waals surface area contributed by atoms with Gasteiger partial charge in [-0.05, 0) is 37.1 Å². The van der Waals surface area contributed by atoms with Crippen LogP contribution in [0.25, 0.3) is 0 Å². The van der Waals surface area contributed by atoms with Gasteiger partial charge in [-0.3, -0.25) is 4.79 Å². The quantitative estimate of drug-likeness (QED) is 0.801. The van der Waals surface area contributed by atoms with Gasteiger partial charge in [0.05, 0.1) is 12.5 Å². The number of esters is 1. The minimum atomic E-state index is -0.267. The van der Waals surface area contributed by atoms with Crippen molar-refractivity contribution in [3.8, 4) is 0 Å². The lowest BCUT2D eigenvalue weighted by Gasteiger charge is -2.24. The van der Waals surface area contributed by atoms with E-state index < -0.39 is 0 Å². The van der Waals surface area contributed by atoms with Gasteiger partial charge in [-0.2, -0.15) is 0 Å². The standard InChI is InChI=1S/C13H16BrNO2/c1-15(11-5-3-10(14)4-6-11)9-13(7-8-13)12(16)17-2/h3-6H,7-9H2,1-2H3. The summed E-state index contributed by atoms with van der Waals surface area (Å²) in [5, 5.41) is 0. The summed E-state index contributed by atoms with van der Waals surface area (Å²) in [6.07, 6.45) is 1.86. The third-order valence-corrected chi connectivity index (χ3v) is 3.81. The zero-order valence-electron chi connectivity index (χ0n) is 10.1. The summed E-state index contributed by atoms with van der Waals surface area (Å²) in [6.45, 7) is 0.724. The molecule has 1 aliphatic carbocycles. The Bertz CT molecular complexity index is 412. The molecular formula is C13H16BrNO2.